The van der Waals surface area contributed by atoms with Gasteiger partial charge in [0, 0.05) is 18.6 Å². The summed E-state index contributed by atoms with van der Waals surface area (Å²) in [5.41, 5.74) is -0.0725. The van der Waals surface area contributed by atoms with E-state index in [1.807, 2.05) is 0 Å². The van der Waals surface area contributed by atoms with Crippen molar-refractivity contribution in [2.45, 2.75) is 26.1 Å². The van der Waals surface area contributed by atoms with Crippen LogP contribution in [-0.4, -0.2) is 23.8 Å². The first-order valence-corrected chi connectivity index (χ1v) is 6.51. The number of nitrogens with zero attached hydrogens (tertiary/aromatic N) is 1. The molecule has 21 heavy (non-hydrogen) atoms. The number of nitro benzene ring substituents is 1. The van der Waals surface area contributed by atoms with Crippen molar-refractivity contribution >= 4 is 11.7 Å². The van der Waals surface area contributed by atoms with Crippen molar-refractivity contribution in [1.82, 2.24) is 0 Å². The molecule has 1 saturated heterocycles. The molecule has 1 fully saturated rings. The second kappa shape index (κ2) is 6.85. The molecule has 7 nitrogen and oxygen atoms in total. The summed E-state index contributed by atoms with van der Waals surface area (Å²) in [6.07, 6.45) is 2.68. The number of hydrogen-bond acceptors (Lipinski definition) is 6. The van der Waals surface area contributed by atoms with Gasteiger partial charge < -0.3 is 14.2 Å². The highest BCUT2D eigenvalue weighted by Crippen LogP contribution is 2.20. The molecule has 0 amide bonds. The average Bonchev–Trinajstić information content (AvgIpc) is 2.98. The molecule has 0 spiro atoms. The van der Waals surface area contributed by atoms with Gasteiger partial charge in [0.1, 0.15) is 5.75 Å². The van der Waals surface area contributed by atoms with Crippen molar-refractivity contribution in [1.29, 1.82) is 0 Å². The number of rotatable bonds is 5. The van der Waals surface area contributed by atoms with Gasteiger partial charge in [-0.15, -0.1) is 0 Å². The Balaban J connectivity index is 1.96. The molecule has 1 aliphatic rings. The van der Waals surface area contributed by atoms with Crippen molar-refractivity contribution in [2.75, 3.05) is 6.61 Å². The molecule has 0 radical (unpaired) electrons. The van der Waals surface area contributed by atoms with E-state index in [-0.39, 0.29) is 17.2 Å². The molecule has 0 aromatic heterocycles. The van der Waals surface area contributed by atoms with E-state index < -0.39 is 17.2 Å². The minimum Gasteiger partial charge on any atom is -0.458 e. The Bertz CT molecular complexity index is 545. The van der Waals surface area contributed by atoms with Crippen molar-refractivity contribution in [3.05, 3.63) is 46.2 Å². The molecule has 112 valence electrons. The van der Waals surface area contributed by atoms with E-state index in [2.05, 4.69) is 0 Å². The lowest BCUT2D eigenvalue weighted by atomic mass is 10.3. The fourth-order valence-corrected chi connectivity index (χ4v) is 1.81. The molecule has 1 aromatic rings. The van der Waals surface area contributed by atoms with Crippen molar-refractivity contribution in [3.63, 3.8) is 0 Å². The van der Waals surface area contributed by atoms with Crippen molar-refractivity contribution in [3.8, 4) is 5.75 Å². The van der Waals surface area contributed by atoms with E-state index in [0.717, 1.165) is 12.8 Å². The molecular weight excluding hydrogens is 278 g/mol. The summed E-state index contributed by atoms with van der Waals surface area (Å²) in [7, 11) is 0. The van der Waals surface area contributed by atoms with E-state index in [0.29, 0.717) is 6.61 Å². The van der Waals surface area contributed by atoms with Gasteiger partial charge in [-0.05, 0) is 31.6 Å². The Morgan fingerprint density at radius 2 is 2.14 bits per heavy atom. The van der Waals surface area contributed by atoms with E-state index in [4.69, 9.17) is 14.2 Å². The lowest BCUT2D eigenvalue weighted by molar-refractivity contribution is -0.384. The summed E-state index contributed by atoms with van der Waals surface area (Å²) in [5.74, 6) is -0.400. The van der Waals surface area contributed by atoms with Crippen LogP contribution in [-0.2, 0) is 14.3 Å². The number of hydrogen-bond donors (Lipinski definition) is 0. The van der Waals surface area contributed by atoms with Crippen LogP contribution >= 0.6 is 0 Å². The Morgan fingerprint density at radius 1 is 1.43 bits per heavy atom. The highest BCUT2D eigenvalue weighted by atomic mass is 16.7. The van der Waals surface area contributed by atoms with Gasteiger partial charge >= 0.3 is 5.97 Å². The van der Waals surface area contributed by atoms with Crippen LogP contribution in [0.15, 0.2) is 36.1 Å². The van der Waals surface area contributed by atoms with Gasteiger partial charge in [0.15, 0.2) is 6.29 Å². The van der Waals surface area contributed by atoms with Crippen molar-refractivity contribution < 1.29 is 23.9 Å². The third-order valence-electron chi connectivity index (χ3n) is 2.87. The average molecular weight is 293 g/mol. The fourth-order valence-electron chi connectivity index (χ4n) is 1.81. The summed E-state index contributed by atoms with van der Waals surface area (Å²) >= 11 is 0. The molecule has 2 rings (SSSR count). The van der Waals surface area contributed by atoms with Crippen LogP contribution in [0.3, 0.4) is 0 Å². The van der Waals surface area contributed by atoms with Gasteiger partial charge in [0.25, 0.3) is 5.69 Å². The zero-order chi connectivity index (χ0) is 15.2. The number of benzene rings is 1. The molecule has 0 saturated carbocycles. The monoisotopic (exact) mass is 293 g/mol. The van der Waals surface area contributed by atoms with E-state index >= 15 is 0 Å². The van der Waals surface area contributed by atoms with Crippen LogP contribution in [0.1, 0.15) is 19.8 Å². The number of allylic oxidation sites excluding steroid dienone is 1. The third-order valence-corrected chi connectivity index (χ3v) is 2.87. The summed E-state index contributed by atoms with van der Waals surface area (Å²) < 4.78 is 15.8. The van der Waals surface area contributed by atoms with Gasteiger partial charge in [-0.2, -0.15) is 0 Å². The van der Waals surface area contributed by atoms with E-state index in [1.54, 1.807) is 6.92 Å². The smallest absolute Gasteiger partial charge is 0.378 e. The first-order chi connectivity index (χ1) is 10.1. The van der Waals surface area contributed by atoms with E-state index in [1.165, 1.54) is 30.3 Å². The normalized spacial score (nSPS) is 18.3. The number of nitro groups is 1. The molecule has 7 heteroatoms. The van der Waals surface area contributed by atoms with Crippen LogP contribution in [0, 0.1) is 10.1 Å². The maximum absolute atomic E-state index is 11.9. The van der Waals surface area contributed by atoms with Gasteiger partial charge in [0.2, 0.25) is 5.76 Å². The largest absolute Gasteiger partial charge is 0.458 e. The first kappa shape index (κ1) is 15.0. The Morgan fingerprint density at radius 3 is 2.67 bits per heavy atom. The Hall–Kier alpha value is -2.41. The Labute approximate surface area is 121 Å². The molecule has 1 aromatic carbocycles. The molecular formula is C14H15NO6. The lowest BCUT2D eigenvalue weighted by Gasteiger charge is -2.14. The SMILES string of the molecule is C/C=C(/O[C@@H]1CCCO1)C(=O)Oc1ccc([N+](=O)[O-])cc1. The van der Waals surface area contributed by atoms with Crippen LogP contribution in [0.2, 0.25) is 0 Å². The first-order valence-electron chi connectivity index (χ1n) is 6.51. The molecule has 0 aliphatic carbocycles. The second-order valence-corrected chi connectivity index (χ2v) is 4.35. The molecule has 1 atom stereocenters. The maximum Gasteiger partial charge on any atom is 0.378 e. The van der Waals surface area contributed by atoms with Crippen LogP contribution in [0.4, 0.5) is 5.69 Å². The molecule has 0 N–H and O–H groups in total. The fraction of sp³-hybridized carbons (Fsp3) is 0.357. The number of non-ortho nitro benzene ring substituents is 1. The van der Waals surface area contributed by atoms with Crippen LogP contribution in [0.25, 0.3) is 0 Å². The van der Waals surface area contributed by atoms with Gasteiger partial charge in [-0.1, -0.05) is 0 Å². The quantitative estimate of drug-likeness (QED) is 0.207. The second-order valence-electron chi connectivity index (χ2n) is 4.35. The highest BCUT2D eigenvalue weighted by Gasteiger charge is 2.22. The molecule has 0 unspecified atom stereocenters. The van der Waals surface area contributed by atoms with Gasteiger partial charge in [-0.3, -0.25) is 10.1 Å². The molecule has 1 aliphatic heterocycles. The minimum atomic E-state index is -0.665. The highest BCUT2D eigenvalue weighted by molar-refractivity contribution is 5.88. The van der Waals surface area contributed by atoms with Gasteiger partial charge in [0.05, 0.1) is 11.5 Å². The van der Waals surface area contributed by atoms with E-state index in [9.17, 15) is 14.9 Å². The maximum atomic E-state index is 11.9. The lowest BCUT2D eigenvalue weighted by Crippen LogP contribution is -2.19. The number of carbonyl (C=O) groups is 1. The number of carbonyl (C=O) groups excluding carboxylic acids is 1. The standard InChI is InChI=1S/C14H15NO6/c1-2-12(21-13-4-3-9-19-13)14(16)20-11-7-5-10(6-8-11)15(17)18/h2,5-8,13H,3-4,9H2,1H3/b12-2+/t13-/m1/s1. The van der Waals surface area contributed by atoms with Crippen LogP contribution in [0.5, 0.6) is 5.75 Å². The topological polar surface area (TPSA) is 87.9 Å². The molecule has 0 bridgehead atoms. The zero-order valence-electron chi connectivity index (χ0n) is 11.5. The summed E-state index contributed by atoms with van der Waals surface area (Å²) in [6.45, 7) is 2.26. The Kier molecular flexibility index (Phi) is 4.89. The van der Waals surface area contributed by atoms with Crippen LogP contribution < -0.4 is 4.74 Å². The summed E-state index contributed by atoms with van der Waals surface area (Å²) in [5, 5.41) is 10.5. The summed E-state index contributed by atoms with van der Waals surface area (Å²) in [4.78, 5) is 22.0. The predicted octanol–water partition coefficient (Wildman–Crippen LogP) is 2.56. The summed E-state index contributed by atoms with van der Waals surface area (Å²) in [6, 6.07) is 5.24. The zero-order valence-corrected chi connectivity index (χ0v) is 11.5. The van der Waals surface area contributed by atoms with Crippen molar-refractivity contribution in [2.24, 2.45) is 0 Å². The third kappa shape index (κ3) is 4.03. The number of ether oxygens (including phenoxy) is 3. The van der Waals surface area contributed by atoms with Gasteiger partial charge in [-0.25, -0.2) is 4.79 Å². The minimum absolute atomic E-state index is 0.0558. The molecule has 1 heterocycles. The number of esters is 1. The predicted molar refractivity (Wildman–Crippen MR) is 72.5 cm³/mol.